The largest absolute Gasteiger partial charge is 0.469 e. The Kier molecular flexibility index (Phi) is 36.4. The lowest BCUT2D eigenvalue weighted by atomic mass is 9.41. The normalized spacial score (nSPS) is 43.8. The number of rotatable bonds is 27. The minimum Gasteiger partial charge on any atom is -0.469 e. The van der Waals surface area contributed by atoms with Gasteiger partial charge in [-0.15, -0.1) is 0 Å². The van der Waals surface area contributed by atoms with E-state index in [2.05, 4.69) is 110 Å². The van der Waals surface area contributed by atoms with Crippen molar-refractivity contribution in [1.82, 2.24) is 0 Å². The van der Waals surface area contributed by atoms with Crippen molar-refractivity contribution in [3.63, 3.8) is 0 Å². The van der Waals surface area contributed by atoms with Crippen LogP contribution in [0.1, 0.15) is 415 Å². The molecule has 140 heavy (non-hydrogen) atoms. The maximum atomic E-state index is 14.2. The topological polar surface area (TPSA) is 282 Å². The zero-order chi connectivity index (χ0) is 102. The van der Waals surface area contributed by atoms with Crippen LogP contribution in [0.25, 0.3) is 0 Å². The predicted molar refractivity (Wildman–Crippen MR) is 542 cm³/mol. The van der Waals surface area contributed by atoms with Gasteiger partial charge in [0.2, 0.25) is 0 Å². The highest BCUT2D eigenvalue weighted by atomic mass is 16.6. The second-order valence-corrected chi connectivity index (χ2v) is 51.1. The van der Waals surface area contributed by atoms with Gasteiger partial charge in [0.15, 0.2) is 5.78 Å². The van der Waals surface area contributed by atoms with E-state index in [0.29, 0.717) is 187 Å². The first kappa shape index (κ1) is 112. The fourth-order valence-electron chi connectivity index (χ4n) is 38.4. The molecule has 0 radical (unpaired) electrons. The molecular formula is C120H192O20. The number of esters is 8. The van der Waals surface area contributed by atoms with Gasteiger partial charge in [0.05, 0.1) is 34.5 Å². The van der Waals surface area contributed by atoms with E-state index in [1.54, 1.807) is 0 Å². The Labute approximate surface area is 844 Å². The first-order valence-electron chi connectivity index (χ1n) is 57.4. The van der Waals surface area contributed by atoms with Crippen LogP contribution in [0.3, 0.4) is 0 Å². The fraction of sp³-hybridized carbons (Fsp3) is 0.892. The van der Waals surface area contributed by atoms with Gasteiger partial charge in [-0.1, -0.05) is 144 Å². The Bertz CT molecular complexity index is 4240. The van der Waals surface area contributed by atoms with Crippen LogP contribution in [-0.4, -0.2) is 129 Å². The van der Waals surface area contributed by atoms with Gasteiger partial charge in [-0.3, -0.25) is 52.7 Å². The number of aliphatic hydroxyl groups excluding tert-OH is 1. The number of aliphatic hydroxyl groups is 1. The molecule has 0 aromatic heterocycles. The highest BCUT2D eigenvalue weighted by molar-refractivity contribution is 5.99. The maximum Gasteiger partial charge on any atom is 0.305 e. The van der Waals surface area contributed by atoms with Gasteiger partial charge >= 0.3 is 47.8 Å². The van der Waals surface area contributed by atoms with Crippen LogP contribution in [0.4, 0.5) is 0 Å². The Hall–Kier alpha value is -5.53. The van der Waals surface area contributed by atoms with Crippen molar-refractivity contribution in [3.05, 3.63) is 11.6 Å². The van der Waals surface area contributed by atoms with Gasteiger partial charge in [0, 0.05) is 81.0 Å². The van der Waals surface area contributed by atoms with E-state index < -0.39 is 0 Å². The molecule has 1 N–H and O–H groups in total. The molecule has 0 aromatic carbocycles. The van der Waals surface area contributed by atoms with Crippen molar-refractivity contribution < 1.29 is 95.7 Å². The maximum absolute atomic E-state index is 14.2. The third-order valence-corrected chi connectivity index (χ3v) is 45.8. The summed E-state index contributed by atoms with van der Waals surface area (Å²) in [7, 11) is 5.87. The highest BCUT2D eigenvalue weighted by Crippen LogP contribution is 2.75. The zero-order valence-corrected chi connectivity index (χ0v) is 91.7. The smallest absolute Gasteiger partial charge is 0.305 e. The molecule has 16 rings (SSSR count). The number of allylic oxidation sites excluding steroid dienone is 2. The van der Waals surface area contributed by atoms with E-state index in [1.165, 1.54) is 86.2 Å². The number of ketones is 3. The van der Waals surface area contributed by atoms with E-state index in [9.17, 15) is 57.8 Å². The van der Waals surface area contributed by atoms with Gasteiger partial charge in [-0.2, -0.15) is 0 Å². The molecule has 20 heteroatoms. The second kappa shape index (κ2) is 45.7. The SMILES string of the molecule is CC=C1C(=O)C2C(CC[C@@]3(C)C2CCC3[C@H](C)CCC(=O)OC)[C@@]2(C)CC[C@@H](OC(=O)CC)CC12.CCC(=O)O[C@@H]1CC[C@@]2(C)C(C1)C(CC)C(=O)C1C2CC[C@@]2(C)C1CCC2[C@H](C)CCC(=O)OC.CCC(=O)O[C@@H]1CC[C@]2(C)C3CC[C@@]4(C)C(CCC4[C@H](C)CCC(=O)OC)C3C(=O)[C@H](CC)C2C1.CCC(=O)O[C@@H]1CC[C@]2(C)C3CC[C@@]4(C)C(CCC4[C@H](C)CCC(=O)OC)C3[C@H](O)[C@H](CC)C2C1. The van der Waals surface area contributed by atoms with Crippen LogP contribution in [0.15, 0.2) is 11.6 Å². The minimum absolute atomic E-state index is 0.0127. The van der Waals surface area contributed by atoms with E-state index in [4.69, 9.17) is 37.9 Å². The summed E-state index contributed by atoms with van der Waals surface area (Å²) in [6.07, 6.45) is 41.6. The summed E-state index contributed by atoms with van der Waals surface area (Å²) < 4.78 is 42.7. The van der Waals surface area contributed by atoms with Gasteiger partial charge in [0.25, 0.3) is 0 Å². The molecule has 0 aliphatic heterocycles. The average molecular weight is 1950 g/mol. The van der Waals surface area contributed by atoms with Crippen molar-refractivity contribution in [2.45, 2.75) is 445 Å². The Morgan fingerprint density at radius 1 is 0.321 bits per heavy atom. The van der Waals surface area contributed by atoms with E-state index in [-0.39, 0.29) is 163 Å². The Morgan fingerprint density at radius 3 is 0.900 bits per heavy atom. The first-order valence-corrected chi connectivity index (χ1v) is 57.4. The lowest BCUT2D eigenvalue weighted by Gasteiger charge is -2.64. The molecule has 0 spiro atoms. The summed E-state index contributed by atoms with van der Waals surface area (Å²) in [6, 6.07) is 0. The molecule has 0 saturated heterocycles. The van der Waals surface area contributed by atoms with E-state index in [1.807, 2.05) is 34.6 Å². The highest BCUT2D eigenvalue weighted by Gasteiger charge is 2.71. The minimum atomic E-state index is -0.266. The van der Waals surface area contributed by atoms with Crippen molar-refractivity contribution >= 4 is 65.1 Å². The zero-order valence-electron chi connectivity index (χ0n) is 91.7. The van der Waals surface area contributed by atoms with Gasteiger partial charge in [-0.05, 0) is 404 Å². The third-order valence-electron chi connectivity index (χ3n) is 45.8. The molecule has 21 unspecified atom stereocenters. The van der Waals surface area contributed by atoms with Crippen LogP contribution in [0.2, 0.25) is 0 Å². The summed E-state index contributed by atoms with van der Waals surface area (Å²) >= 11 is 0. The van der Waals surface area contributed by atoms with Crippen LogP contribution < -0.4 is 0 Å². The summed E-state index contributed by atoms with van der Waals surface area (Å²) in [5, 5.41) is 12.0. The van der Waals surface area contributed by atoms with Crippen LogP contribution in [0, 0.1) is 203 Å². The van der Waals surface area contributed by atoms with Crippen molar-refractivity contribution in [2.24, 2.45) is 203 Å². The van der Waals surface area contributed by atoms with E-state index in [0.717, 1.165) is 173 Å². The van der Waals surface area contributed by atoms with Crippen molar-refractivity contribution in [1.29, 1.82) is 0 Å². The van der Waals surface area contributed by atoms with Crippen LogP contribution >= 0.6 is 0 Å². The molecule has 0 amide bonds. The van der Waals surface area contributed by atoms with Gasteiger partial charge in [-0.25, -0.2) is 0 Å². The lowest BCUT2D eigenvalue weighted by molar-refractivity contribution is -0.207. The molecular weight excluding hydrogens is 1760 g/mol. The number of carbonyl (C=O) groups excluding carboxylic acids is 11. The number of ether oxygens (including phenoxy) is 8. The molecule has 16 fully saturated rings. The van der Waals surface area contributed by atoms with Gasteiger partial charge in [0.1, 0.15) is 36.0 Å². The van der Waals surface area contributed by atoms with Crippen molar-refractivity contribution in [2.75, 3.05) is 28.4 Å². The Balaban J connectivity index is 0.000000157. The molecule has 792 valence electrons. The molecule has 16 aliphatic carbocycles. The van der Waals surface area contributed by atoms with Crippen molar-refractivity contribution in [3.8, 4) is 0 Å². The number of fused-ring (bicyclic) bond motifs is 20. The average Bonchev–Trinajstić information content (AvgIpc) is 1.37. The predicted octanol–water partition coefficient (Wildman–Crippen LogP) is 25.2. The number of Topliss-reactive ketones (excluding diaryl/α,β-unsaturated/α-hetero) is 3. The monoisotopic (exact) mass is 1950 g/mol. The number of methoxy groups -OCH3 is 4. The third kappa shape index (κ3) is 21.0. The molecule has 16 aliphatic rings. The summed E-state index contributed by atoms with van der Waals surface area (Å²) in [6.45, 7) is 45.0. The summed E-state index contributed by atoms with van der Waals surface area (Å²) in [4.78, 5) is 138. The Morgan fingerprint density at radius 2 is 0.586 bits per heavy atom. The van der Waals surface area contributed by atoms with Crippen LogP contribution in [0.5, 0.6) is 0 Å². The van der Waals surface area contributed by atoms with Crippen LogP contribution in [-0.2, 0) is 90.6 Å². The number of carbonyl (C=O) groups is 11. The molecule has 0 bridgehead atoms. The molecule has 20 nitrogen and oxygen atoms in total. The van der Waals surface area contributed by atoms with E-state index >= 15 is 0 Å². The quantitative estimate of drug-likeness (QED) is 0.0454. The summed E-state index contributed by atoms with van der Waals surface area (Å²) in [5.41, 5.74) is 2.38. The fourth-order valence-corrected chi connectivity index (χ4v) is 38.4. The lowest BCUT2D eigenvalue weighted by Crippen LogP contribution is -2.62. The summed E-state index contributed by atoms with van der Waals surface area (Å²) in [5.74, 6) is 11.0. The second-order valence-electron chi connectivity index (χ2n) is 51.1. The number of hydrogen-bond donors (Lipinski definition) is 1. The standard InChI is InChI=1S/C30H50O5.2C30H48O5.C30H46O5/c4*1-7-20-24-17-19(35-25(31)8-2)13-15-30(24,5)23-14-16-29(4)21(18(3)9-12-26(32)34-6)10-11-22(29)27(23)28(20)33/h18-24,27-28,33H,7-17H2,1-6H3;2*18-24,27H,7-17H2,1-6H3;7,18-19,21-24,27H,8-17H2,1-6H3/t18-,19-,20-,21?,22?,23?,24?,27?,28-,29-,30-;18-,19-,20?,21?,22?,23?,24?,27?,29-,30-;18-,19-,20-,21?,22?,23?,24?,27?,29-,30-;18-,19-,21?,22?,23?,24?,27?,29-,30-/m1111/s1. The molecule has 0 heterocycles. The first-order chi connectivity index (χ1) is 66.4. The van der Waals surface area contributed by atoms with Gasteiger partial charge < -0.3 is 43.0 Å². The number of hydrogen-bond acceptors (Lipinski definition) is 20. The molecule has 16 saturated carbocycles. The molecule has 0 aromatic rings. The molecule has 40 atom stereocenters.